The van der Waals surface area contributed by atoms with Crippen LogP contribution in [0.2, 0.25) is 0 Å². The summed E-state index contributed by atoms with van der Waals surface area (Å²) < 4.78 is 4.54. The number of nitrogens with one attached hydrogen (secondary N) is 4. The molecule has 4 N–H and O–H groups in total. The van der Waals surface area contributed by atoms with E-state index in [1.807, 2.05) is 30.3 Å². The van der Waals surface area contributed by atoms with Gasteiger partial charge in [0.2, 0.25) is 0 Å². The Balaban J connectivity index is -0.000000105. The maximum atomic E-state index is 9.76. The molecule has 0 aliphatic carbocycles. The smallest absolute Gasteiger partial charge is 0.293 e. The minimum atomic E-state index is 0.365. The molecule has 0 aliphatic rings. The lowest BCUT2D eigenvalue weighted by Gasteiger charge is -1.95. The maximum Gasteiger partial charge on any atom is 0.293 e. The molecule has 0 radical (unpaired) electrons. The topological polar surface area (TPSA) is 122 Å². The molecule has 0 aliphatic heterocycles. The highest BCUT2D eigenvalue weighted by molar-refractivity contribution is 5.37. The largest absolute Gasteiger partial charge is 0.463 e. The zero-order valence-corrected chi connectivity index (χ0v) is 10.3. The van der Waals surface area contributed by atoms with E-state index in [9.17, 15) is 4.79 Å². The number of carbonyl (C=O) groups is 1. The van der Waals surface area contributed by atoms with E-state index in [1.54, 1.807) is 0 Å². The third kappa shape index (κ3) is 23.3. The van der Waals surface area contributed by atoms with Crippen LogP contribution in [-0.2, 0) is 16.1 Å². The fourth-order valence-electron chi connectivity index (χ4n) is 0.704. The van der Waals surface area contributed by atoms with E-state index in [0.29, 0.717) is 13.1 Å². The Morgan fingerprint density at radius 2 is 1.28 bits per heavy atom. The van der Waals surface area contributed by atoms with E-state index in [2.05, 4.69) is 31.6 Å². The highest BCUT2D eigenvalue weighted by atomic mass is 16.5. The molecule has 0 unspecified atom stereocenters. The Kier molecular flexibility index (Phi) is 50.0. The molecule has 0 amide bonds. The summed E-state index contributed by atoms with van der Waals surface area (Å²) in [5, 5.41) is 22.0. The van der Waals surface area contributed by atoms with Crippen LogP contribution in [0.15, 0.2) is 30.3 Å². The standard InChI is InChI=1S/C8H8O2.4CH3N/c9-7-10-6-8-4-2-1-3-5-8;4*1-2/h1-5,7H,6H2;4*2H,1H2. The predicted molar refractivity (Wildman–Crippen MR) is 76.7 cm³/mol. The monoisotopic (exact) mass is 252 g/mol. The van der Waals surface area contributed by atoms with Crippen molar-refractivity contribution in [2.24, 2.45) is 0 Å². The first-order valence-corrected chi connectivity index (χ1v) is 4.44. The molecule has 0 aromatic heterocycles. The average Bonchev–Trinajstić information content (AvgIpc) is 2.54. The molecular formula is C12H20N4O2. The zero-order chi connectivity index (χ0) is 15.2. The average molecular weight is 252 g/mol. The summed E-state index contributed by atoms with van der Waals surface area (Å²) >= 11 is 0. The number of carbonyl (C=O) groups excluding carboxylic acids is 1. The van der Waals surface area contributed by atoms with Crippen molar-refractivity contribution in [1.29, 1.82) is 21.6 Å². The summed E-state index contributed by atoms with van der Waals surface area (Å²) in [5.41, 5.74) is 1.01. The predicted octanol–water partition coefficient (Wildman–Crippen LogP) is 2.42. The van der Waals surface area contributed by atoms with Crippen molar-refractivity contribution >= 4 is 33.3 Å². The van der Waals surface area contributed by atoms with E-state index in [0.717, 1.165) is 5.56 Å². The molecule has 0 bridgehead atoms. The van der Waals surface area contributed by atoms with Crippen LogP contribution in [0.1, 0.15) is 5.56 Å². The summed E-state index contributed by atoms with van der Waals surface area (Å²) in [6.07, 6.45) is 0. The highest BCUT2D eigenvalue weighted by Gasteiger charge is 1.87. The van der Waals surface area contributed by atoms with Gasteiger partial charge in [0.25, 0.3) is 6.47 Å². The Labute approximate surface area is 108 Å². The second-order valence-electron chi connectivity index (χ2n) is 1.89. The van der Waals surface area contributed by atoms with Crippen LogP contribution in [0.4, 0.5) is 0 Å². The molecular weight excluding hydrogens is 232 g/mol. The molecule has 6 nitrogen and oxygen atoms in total. The van der Waals surface area contributed by atoms with E-state index >= 15 is 0 Å². The minimum Gasteiger partial charge on any atom is -0.463 e. The molecule has 0 fully saturated rings. The van der Waals surface area contributed by atoms with E-state index < -0.39 is 0 Å². The number of hydrogen-bond acceptors (Lipinski definition) is 6. The van der Waals surface area contributed by atoms with Gasteiger partial charge in [-0.1, -0.05) is 30.3 Å². The van der Waals surface area contributed by atoms with Gasteiger partial charge in [-0.25, -0.2) is 0 Å². The SMILES string of the molecule is C=N.C=N.C=N.C=N.O=COCc1ccccc1. The molecule has 1 aromatic rings. The van der Waals surface area contributed by atoms with Crippen molar-refractivity contribution in [3.63, 3.8) is 0 Å². The van der Waals surface area contributed by atoms with Crippen molar-refractivity contribution < 1.29 is 9.53 Å². The molecule has 0 saturated carbocycles. The van der Waals surface area contributed by atoms with E-state index in [-0.39, 0.29) is 0 Å². The Bertz CT molecular complexity index is 250. The fraction of sp³-hybridized carbons (Fsp3) is 0.0833. The lowest BCUT2D eigenvalue weighted by molar-refractivity contribution is -0.129. The number of rotatable bonds is 3. The maximum absolute atomic E-state index is 9.76. The van der Waals surface area contributed by atoms with Crippen LogP contribution in [0.25, 0.3) is 0 Å². The molecule has 1 aromatic carbocycles. The van der Waals surface area contributed by atoms with Gasteiger partial charge in [0.15, 0.2) is 0 Å². The normalized spacial score (nSPS) is 5.78. The van der Waals surface area contributed by atoms with E-state index in [1.165, 1.54) is 0 Å². The van der Waals surface area contributed by atoms with Crippen molar-refractivity contribution in [3.8, 4) is 0 Å². The molecule has 1 rings (SSSR count). The van der Waals surface area contributed by atoms with Crippen LogP contribution in [0, 0.1) is 21.6 Å². The van der Waals surface area contributed by atoms with Crippen molar-refractivity contribution in [2.45, 2.75) is 6.61 Å². The van der Waals surface area contributed by atoms with E-state index in [4.69, 9.17) is 21.6 Å². The first kappa shape index (κ1) is 24.6. The van der Waals surface area contributed by atoms with Crippen LogP contribution >= 0.6 is 0 Å². The minimum absolute atomic E-state index is 0.365. The molecule has 0 atom stereocenters. The first-order valence-electron chi connectivity index (χ1n) is 4.44. The number of benzene rings is 1. The summed E-state index contributed by atoms with van der Waals surface area (Å²) in [7, 11) is 0. The van der Waals surface area contributed by atoms with Crippen LogP contribution in [0.3, 0.4) is 0 Å². The van der Waals surface area contributed by atoms with Crippen LogP contribution in [0.5, 0.6) is 0 Å². The van der Waals surface area contributed by atoms with Gasteiger partial charge in [0, 0.05) is 0 Å². The van der Waals surface area contributed by atoms with Crippen molar-refractivity contribution in [2.75, 3.05) is 0 Å². The zero-order valence-electron chi connectivity index (χ0n) is 10.3. The Hall–Kier alpha value is -2.63. The van der Waals surface area contributed by atoms with Gasteiger partial charge in [-0.3, -0.25) is 4.79 Å². The van der Waals surface area contributed by atoms with Gasteiger partial charge in [-0.05, 0) is 32.4 Å². The fourth-order valence-corrected chi connectivity index (χ4v) is 0.704. The second kappa shape index (κ2) is 36.7. The van der Waals surface area contributed by atoms with Crippen molar-refractivity contribution in [1.82, 2.24) is 0 Å². The van der Waals surface area contributed by atoms with Gasteiger partial charge in [-0.15, -0.1) is 0 Å². The summed E-state index contributed by atoms with van der Waals surface area (Å²) in [4.78, 5) is 9.76. The van der Waals surface area contributed by atoms with Gasteiger partial charge in [-0.2, -0.15) is 0 Å². The Morgan fingerprint density at radius 3 is 1.61 bits per heavy atom. The van der Waals surface area contributed by atoms with Gasteiger partial charge in [0.1, 0.15) is 6.61 Å². The third-order valence-electron chi connectivity index (χ3n) is 1.16. The molecule has 0 saturated heterocycles. The van der Waals surface area contributed by atoms with Gasteiger partial charge in [0.05, 0.1) is 0 Å². The van der Waals surface area contributed by atoms with Crippen LogP contribution in [-0.4, -0.2) is 33.3 Å². The summed E-state index contributed by atoms with van der Waals surface area (Å²) in [6.45, 7) is 10.8. The third-order valence-corrected chi connectivity index (χ3v) is 1.16. The van der Waals surface area contributed by atoms with Crippen molar-refractivity contribution in [3.05, 3.63) is 35.9 Å². The quantitative estimate of drug-likeness (QED) is 0.487. The first-order chi connectivity index (χ1) is 8.93. The number of ether oxygens (including phenoxy) is 1. The van der Waals surface area contributed by atoms with Gasteiger partial charge < -0.3 is 26.4 Å². The van der Waals surface area contributed by atoms with Gasteiger partial charge >= 0.3 is 0 Å². The molecule has 0 spiro atoms. The molecule has 6 heteroatoms. The molecule has 0 heterocycles. The lowest BCUT2D eigenvalue weighted by Crippen LogP contribution is -1.88. The van der Waals surface area contributed by atoms with Crippen LogP contribution < -0.4 is 0 Å². The summed E-state index contributed by atoms with van der Waals surface area (Å²) in [5.74, 6) is 0. The number of hydrogen-bond donors (Lipinski definition) is 4. The Morgan fingerprint density at radius 1 is 0.889 bits per heavy atom. The second-order valence-corrected chi connectivity index (χ2v) is 1.89. The molecule has 100 valence electrons. The summed E-state index contributed by atoms with van der Waals surface area (Å²) in [6, 6.07) is 9.55. The highest BCUT2D eigenvalue weighted by Crippen LogP contribution is 1.98. The molecule has 18 heavy (non-hydrogen) atoms. The lowest BCUT2D eigenvalue weighted by atomic mass is 10.2.